The monoisotopic (exact) mass is 361 g/mol. The molecule has 0 aromatic heterocycles. The summed E-state index contributed by atoms with van der Waals surface area (Å²) in [5.41, 5.74) is 1.26. The summed E-state index contributed by atoms with van der Waals surface area (Å²) in [6, 6.07) is 21.0. The van der Waals surface area contributed by atoms with E-state index in [1.807, 2.05) is 6.07 Å². The maximum Gasteiger partial charge on any atom is 0.282 e. The van der Waals surface area contributed by atoms with Crippen molar-refractivity contribution in [2.45, 2.75) is 0 Å². The van der Waals surface area contributed by atoms with E-state index in [0.717, 1.165) is 0 Å². The smallest absolute Gasteiger partial charge is 0.282 e. The van der Waals surface area contributed by atoms with Crippen LogP contribution in [0.1, 0.15) is 20.7 Å². The molecule has 0 aliphatic carbocycles. The molecule has 0 saturated carbocycles. The van der Waals surface area contributed by atoms with E-state index in [2.05, 4.69) is 10.6 Å². The van der Waals surface area contributed by atoms with Gasteiger partial charge in [0.1, 0.15) is 5.56 Å². The van der Waals surface area contributed by atoms with Crippen molar-refractivity contribution in [1.82, 2.24) is 0 Å². The Morgan fingerprint density at radius 3 is 1.81 bits per heavy atom. The van der Waals surface area contributed by atoms with E-state index in [-0.39, 0.29) is 17.2 Å². The number of nitro groups is 1. The van der Waals surface area contributed by atoms with Crippen LogP contribution in [0.4, 0.5) is 17.1 Å². The molecule has 7 nitrogen and oxygen atoms in total. The molecular weight excluding hydrogens is 346 g/mol. The molecule has 2 N–H and O–H groups in total. The predicted molar refractivity (Wildman–Crippen MR) is 102 cm³/mol. The first-order valence-electron chi connectivity index (χ1n) is 8.06. The topological polar surface area (TPSA) is 101 Å². The van der Waals surface area contributed by atoms with Crippen molar-refractivity contribution >= 4 is 28.9 Å². The normalized spacial score (nSPS) is 10.1. The molecule has 2 amide bonds. The first-order chi connectivity index (χ1) is 13.0. The van der Waals surface area contributed by atoms with Crippen molar-refractivity contribution in [3.63, 3.8) is 0 Å². The summed E-state index contributed by atoms with van der Waals surface area (Å²) >= 11 is 0. The Balaban J connectivity index is 1.68. The molecule has 0 aliphatic rings. The molecule has 0 spiro atoms. The number of nitrogens with zero attached hydrogens (tertiary/aromatic N) is 1. The SMILES string of the molecule is O=C(Nc1ccc(NC(=O)c2ccccc2[N+](=O)[O-])cc1)c1ccccc1. The molecule has 3 rings (SSSR count). The number of hydrogen-bond acceptors (Lipinski definition) is 4. The predicted octanol–water partition coefficient (Wildman–Crippen LogP) is 4.10. The molecule has 3 aromatic rings. The first kappa shape index (κ1) is 17.8. The fraction of sp³-hybridized carbons (Fsp3) is 0. The number of hydrogen-bond donors (Lipinski definition) is 2. The maximum absolute atomic E-state index is 12.3. The Morgan fingerprint density at radius 2 is 1.22 bits per heavy atom. The second kappa shape index (κ2) is 7.92. The van der Waals surface area contributed by atoms with Gasteiger partial charge in [0.05, 0.1) is 4.92 Å². The molecule has 0 bridgehead atoms. The van der Waals surface area contributed by atoms with Gasteiger partial charge in [0.25, 0.3) is 17.5 Å². The molecule has 0 saturated heterocycles. The molecule has 0 radical (unpaired) electrons. The Bertz CT molecular complexity index is 986. The van der Waals surface area contributed by atoms with Crippen molar-refractivity contribution in [2.24, 2.45) is 0 Å². The van der Waals surface area contributed by atoms with Crippen molar-refractivity contribution in [3.8, 4) is 0 Å². The van der Waals surface area contributed by atoms with Crippen LogP contribution < -0.4 is 10.6 Å². The molecule has 27 heavy (non-hydrogen) atoms. The highest BCUT2D eigenvalue weighted by atomic mass is 16.6. The number of carbonyl (C=O) groups is 2. The minimum atomic E-state index is -0.600. The third kappa shape index (κ3) is 4.35. The van der Waals surface area contributed by atoms with Crippen LogP contribution in [0.5, 0.6) is 0 Å². The second-order valence-electron chi connectivity index (χ2n) is 5.63. The molecule has 7 heteroatoms. The van der Waals surface area contributed by atoms with Gasteiger partial charge in [-0.15, -0.1) is 0 Å². The van der Waals surface area contributed by atoms with Crippen LogP contribution in [-0.2, 0) is 0 Å². The van der Waals surface area contributed by atoms with E-state index in [1.54, 1.807) is 54.6 Å². The van der Waals surface area contributed by atoms with Crippen molar-refractivity contribution in [3.05, 3.63) is 100 Å². The lowest BCUT2D eigenvalue weighted by Crippen LogP contribution is -2.14. The number of benzene rings is 3. The molecule has 0 aliphatic heterocycles. The summed E-state index contributed by atoms with van der Waals surface area (Å²) in [7, 11) is 0. The van der Waals surface area contributed by atoms with Gasteiger partial charge in [0.2, 0.25) is 0 Å². The molecule has 0 fully saturated rings. The lowest BCUT2D eigenvalue weighted by molar-refractivity contribution is -0.385. The number of rotatable bonds is 5. The third-order valence-corrected chi connectivity index (χ3v) is 3.78. The van der Waals surface area contributed by atoms with Gasteiger partial charge >= 0.3 is 0 Å². The minimum absolute atomic E-state index is 0.0241. The van der Waals surface area contributed by atoms with E-state index in [9.17, 15) is 19.7 Å². The zero-order valence-electron chi connectivity index (χ0n) is 14.1. The number of carbonyl (C=O) groups excluding carboxylic acids is 2. The summed E-state index contributed by atoms with van der Waals surface area (Å²) in [6.07, 6.45) is 0. The van der Waals surface area contributed by atoms with Crippen LogP contribution in [0.2, 0.25) is 0 Å². The average molecular weight is 361 g/mol. The Morgan fingerprint density at radius 1 is 0.704 bits per heavy atom. The highest BCUT2D eigenvalue weighted by Gasteiger charge is 2.19. The second-order valence-corrected chi connectivity index (χ2v) is 5.63. The van der Waals surface area contributed by atoms with Gasteiger partial charge < -0.3 is 10.6 Å². The number of nitro benzene ring substituents is 1. The number of amides is 2. The standard InChI is InChI=1S/C20H15N3O4/c24-19(14-6-2-1-3-7-14)21-15-10-12-16(13-11-15)22-20(25)17-8-4-5-9-18(17)23(26)27/h1-13H,(H,21,24)(H,22,25). The molecule has 3 aromatic carbocycles. The number of nitrogens with one attached hydrogen (secondary N) is 2. The lowest BCUT2D eigenvalue weighted by atomic mass is 10.1. The van der Waals surface area contributed by atoms with Crippen LogP contribution >= 0.6 is 0 Å². The Labute approximate surface area is 154 Å². The van der Waals surface area contributed by atoms with Crippen LogP contribution in [0.25, 0.3) is 0 Å². The molecular formula is C20H15N3O4. The third-order valence-electron chi connectivity index (χ3n) is 3.78. The highest BCUT2D eigenvalue weighted by Crippen LogP contribution is 2.20. The maximum atomic E-state index is 12.3. The van der Waals surface area contributed by atoms with Crippen LogP contribution in [0.3, 0.4) is 0 Å². The highest BCUT2D eigenvalue weighted by molar-refractivity contribution is 6.07. The van der Waals surface area contributed by atoms with Crippen LogP contribution in [-0.4, -0.2) is 16.7 Å². The van der Waals surface area contributed by atoms with E-state index in [0.29, 0.717) is 16.9 Å². The van der Waals surface area contributed by atoms with Gasteiger partial charge in [-0.1, -0.05) is 30.3 Å². The van der Waals surface area contributed by atoms with Gasteiger partial charge in [-0.25, -0.2) is 0 Å². The molecule has 0 atom stereocenters. The molecule has 0 heterocycles. The van der Waals surface area contributed by atoms with E-state index < -0.39 is 10.8 Å². The zero-order valence-corrected chi connectivity index (χ0v) is 14.1. The fourth-order valence-corrected chi connectivity index (χ4v) is 2.45. The van der Waals surface area contributed by atoms with Crippen molar-refractivity contribution < 1.29 is 14.5 Å². The average Bonchev–Trinajstić information content (AvgIpc) is 2.70. The van der Waals surface area contributed by atoms with E-state index in [4.69, 9.17) is 0 Å². The summed E-state index contributed by atoms with van der Waals surface area (Å²) in [4.78, 5) is 34.8. The van der Waals surface area contributed by atoms with E-state index >= 15 is 0 Å². The summed E-state index contributed by atoms with van der Waals surface area (Å²) in [5.74, 6) is -0.823. The van der Waals surface area contributed by atoms with Gasteiger partial charge in [-0.3, -0.25) is 19.7 Å². The summed E-state index contributed by atoms with van der Waals surface area (Å²) < 4.78 is 0. The van der Waals surface area contributed by atoms with Gasteiger partial charge in [-0.05, 0) is 42.5 Å². The first-order valence-corrected chi connectivity index (χ1v) is 8.06. The Kier molecular flexibility index (Phi) is 5.22. The van der Waals surface area contributed by atoms with E-state index in [1.165, 1.54) is 18.2 Å². The Hall–Kier alpha value is -4.00. The molecule has 0 unspecified atom stereocenters. The quantitative estimate of drug-likeness (QED) is 0.527. The van der Waals surface area contributed by atoms with Gasteiger partial charge in [0.15, 0.2) is 0 Å². The van der Waals surface area contributed by atoms with Crippen molar-refractivity contribution in [2.75, 3.05) is 10.6 Å². The van der Waals surface area contributed by atoms with Crippen LogP contribution in [0, 0.1) is 10.1 Å². The van der Waals surface area contributed by atoms with Crippen molar-refractivity contribution in [1.29, 1.82) is 0 Å². The summed E-state index contributed by atoms with van der Waals surface area (Å²) in [5, 5.41) is 16.4. The number of para-hydroxylation sites is 1. The minimum Gasteiger partial charge on any atom is -0.322 e. The van der Waals surface area contributed by atoms with Crippen LogP contribution in [0.15, 0.2) is 78.9 Å². The van der Waals surface area contributed by atoms with Gasteiger partial charge in [0, 0.05) is 23.0 Å². The van der Waals surface area contributed by atoms with Gasteiger partial charge in [-0.2, -0.15) is 0 Å². The number of anilines is 2. The fourth-order valence-electron chi connectivity index (χ4n) is 2.45. The zero-order chi connectivity index (χ0) is 19.2. The summed E-state index contributed by atoms with van der Waals surface area (Å²) in [6.45, 7) is 0. The molecule has 134 valence electrons. The lowest BCUT2D eigenvalue weighted by Gasteiger charge is -2.08. The largest absolute Gasteiger partial charge is 0.322 e.